The first-order chi connectivity index (χ1) is 12.1. The molecule has 0 amide bonds. The number of rotatable bonds is 3. The molecule has 0 bridgehead atoms. The van der Waals surface area contributed by atoms with Crippen LogP contribution in [0.3, 0.4) is 0 Å². The van der Waals surface area contributed by atoms with Gasteiger partial charge in [-0.1, -0.05) is 12.1 Å². The van der Waals surface area contributed by atoms with Crippen LogP contribution in [0.15, 0.2) is 28.7 Å². The SMILES string of the molecule is CNc1nc(N2C[C@@H](C)O[C@@H](c3nnc(C)o3)C2)nc2ccccc12. The molecule has 1 aliphatic rings. The highest BCUT2D eigenvalue weighted by Crippen LogP contribution is 2.29. The van der Waals surface area contributed by atoms with Crippen LogP contribution in [0.2, 0.25) is 0 Å². The summed E-state index contributed by atoms with van der Waals surface area (Å²) in [6.07, 6.45) is -0.294. The molecule has 0 aliphatic carbocycles. The maximum absolute atomic E-state index is 5.97. The highest BCUT2D eigenvalue weighted by Gasteiger charge is 2.31. The van der Waals surface area contributed by atoms with E-state index in [1.807, 2.05) is 38.2 Å². The molecule has 1 aromatic carbocycles. The van der Waals surface area contributed by atoms with Gasteiger partial charge in [-0.05, 0) is 19.1 Å². The highest BCUT2D eigenvalue weighted by atomic mass is 16.5. The molecule has 1 fully saturated rings. The first-order valence-electron chi connectivity index (χ1n) is 8.29. The molecule has 0 radical (unpaired) electrons. The van der Waals surface area contributed by atoms with Gasteiger partial charge in [0.2, 0.25) is 17.7 Å². The van der Waals surface area contributed by atoms with Crippen LogP contribution in [0.1, 0.15) is 24.8 Å². The van der Waals surface area contributed by atoms with Crippen molar-refractivity contribution in [2.24, 2.45) is 0 Å². The largest absolute Gasteiger partial charge is 0.423 e. The summed E-state index contributed by atoms with van der Waals surface area (Å²) in [4.78, 5) is 11.5. The second-order valence-corrected chi connectivity index (χ2v) is 6.14. The van der Waals surface area contributed by atoms with Crippen molar-refractivity contribution in [1.29, 1.82) is 0 Å². The molecule has 25 heavy (non-hydrogen) atoms. The summed E-state index contributed by atoms with van der Waals surface area (Å²) in [5, 5.41) is 12.1. The number of hydrogen-bond donors (Lipinski definition) is 1. The van der Waals surface area contributed by atoms with E-state index in [4.69, 9.17) is 19.1 Å². The van der Waals surface area contributed by atoms with Gasteiger partial charge in [0.1, 0.15) is 5.82 Å². The minimum atomic E-state index is -0.293. The lowest BCUT2D eigenvalue weighted by Gasteiger charge is -2.35. The van der Waals surface area contributed by atoms with E-state index in [9.17, 15) is 0 Å². The molecule has 4 rings (SSSR count). The van der Waals surface area contributed by atoms with Crippen LogP contribution in [-0.2, 0) is 4.74 Å². The fourth-order valence-electron chi connectivity index (χ4n) is 3.09. The summed E-state index contributed by atoms with van der Waals surface area (Å²) in [6, 6.07) is 7.96. The fraction of sp³-hybridized carbons (Fsp3) is 0.412. The average Bonchev–Trinajstić information content (AvgIpc) is 3.06. The van der Waals surface area contributed by atoms with Crippen LogP contribution in [-0.4, -0.2) is 46.4 Å². The smallest absolute Gasteiger partial charge is 0.247 e. The monoisotopic (exact) mass is 340 g/mol. The molecule has 0 saturated carbocycles. The van der Waals surface area contributed by atoms with Crippen LogP contribution in [0.4, 0.5) is 11.8 Å². The molecular weight excluding hydrogens is 320 g/mol. The van der Waals surface area contributed by atoms with E-state index in [1.165, 1.54) is 0 Å². The molecule has 8 nitrogen and oxygen atoms in total. The third-order valence-corrected chi connectivity index (χ3v) is 4.19. The second kappa shape index (κ2) is 6.29. The normalized spacial score (nSPS) is 20.8. The Kier molecular flexibility index (Phi) is 3.96. The summed E-state index contributed by atoms with van der Waals surface area (Å²) in [6.45, 7) is 5.05. The molecule has 2 aromatic heterocycles. The molecule has 1 aliphatic heterocycles. The van der Waals surface area contributed by atoms with E-state index in [0.717, 1.165) is 16.7 Å². The van der Waals surface area contributed by atoms with E-state index in [-0.39, 0.29) is 12.2 Å². The quantitative estimate of drug-likeness (QED) is 0.777. The van der Waals surface area contributed by atoms with E-state index < -0.39 is 0 Å². The molecule has 3 heterocycles. The van der Waals surface area contributed by atoms with Crippen molar-refractivity contribution < 1.29 is 9.15 Å². The van der Waals surface area contributed by atoms with Gasteiger partial charge in [-0.25, -0.2) is 4.98 Å². The number of benzene rings is 1. The van der Waals surface area contributed by atoms with Crippen molar-refractivity contribution in [1.82, 2.24) is 20.2 Å². The minimum Gasteiger partial charge on any atom is -0.423 e. The zero-order valence-electron chi connectivity index (χ0n) is 14.4. The fourth-order valence-corrected chi connectivity index (χ4v) is 3.09. The summed E-state index contributed by atoms with van der Waals surface area (Å²) in [7, 11) is 1.87. The molecule has 130 valence electrons. The Labute approximate surface area is 145 Å². The van der Waals surface area contributed by atoms with Crippen molar-refractivity contribution in [2.75, 3.05) is 30.4 Å². The average molecular weight is 340 g/mol. The van der Waals surface area contributed by atoms with E-state index in [2.05, 4.69) is 20.4 Å². The molecule has 3 aromatic rings. The Morgan fingerprint density at radius 3 is 2.76 bits per heavy atom. The second-order valence-electron chi connectivity index (χ2n) is 6.14. The van der Waals surface area contributed by atoms with Crippen LogP contribution >= 0.6 is 0 Å². The number of ether oxygens (including phenoxy) is 1. The first kappa shape index (κ1) is 15.8. The number of aryl methyl sites for hydroxylation is 1. The van der Waals surface area contributed by atoms with E-state index >= 15 is 0 Å². The van der Waals surface area contributed by atoms with Gasteiger partial charge in [0.05, 0.1) is 18.2 Å². The van der Waals surface area contributed by atoms with Crippen molar-refractivity contribution in [3.05, 3.63) is 36.0 Å². The van der Waals surface area contributed by atoms with Crippen molar-refractivity contribution in [3.63, 3.8) is 0 Å². The summed E-state index contributed by atoms with van der Waals surface area (Å²) < 4.78 is 11.5. The number of para-hydroxylation sites is 1. The molecule has 0 unspecified atom stereocenters. The number of nitrogens with zero attached hydrogens (tertiary/aromatic N) is 5. The van der Waals surface area contributed by atoms with Gasteiger partial charge in [-0.3, -0.25) is 0 Å². The Bertz CT molecular complexity index is 896. The summed E-state index contributed by atoms with van der Waals surface area (Å²) in [5.74, 6) is 2.50. The Morgan fingerprint density at radius 1 is 1.16 bits per heavy atom. The van der Waals surface area contributed by atoms with Crippen molar-refractivity contribution >= 4 is 22.7 Å². The van der Waals surface area contributed by atoms with Gasteiger partial charge in [-0.15, -0.1) is 10.2 Å². The van der Waals surface area contributed by atoms with Gasteiger partial charge >= 0.3 is 0 Å². The molecule has 1 saturated heterocycles. The van der Waals surface area contributed by atoms with E-state index in [0.29, 0.717) is 30.8 Å². The van der Waals surface area contributed by atoms with Crippen LogP contribution in [0.5, 0.6) is 0 Å². The van der Waals surface area contributed by atoms with Gasteiger partial charge in [-0.2, -0.15) is 4.98 Å². The molecule has 0 spiro atoms. The van der Waals surface area contributed by atoms with E-state index in [1.54, 1.807) is 6.92 Å². The predicted octanol–water partition coefficient (Wildman–Crippen LogP) is 2.33. The van der Waals surface area contributed by atoms with Gasteiger partial charge in [0.15, 0.2) is 6.10 Å². The summed E-state index contributed by atoms with van der Waals surface area (Å²) >= 11 is 0. The highest BCUT2D eigenvalue weighted by molar-refractivity contribution is 5.89. The number of nitrogens with one attached hydrogen (secondary N) is 1. The zero-order valence-corrected chi connectivity index (χ0v) is 14.4. The topological polar surface area (TPSA) is 89.2 Å². The van der Waals surface area contributed by atoms with Gasteiger partial charge in [0.25, 0.3) is 0 Å². The predicted molar refractivity (Wildman–Crippen MR) is 93.6 cm³/mol. The lowest BCUT2D eigenvalue weighted by atomic mass is 10.2. The van der Waals surface area contributed by atoms with Crippen LogP contribution in [0, 0.1) is 6.92 Å². The standard InChI is InChI=1S/C17H20N6O2/c1-10-8-23(9-14(24-10)16-22-21-11(2)25-16)17-19-13-7-5-4-6-12(13)15(18-3)20-17/h4-7,10,14H,8-9H2,1-3H3,(H,18,19,20)/t10-,14-/m1/s1. The van der Waals surface area contributed by atoms with Crippen molar-refractivity contribution in [3.8, 4) is 0 Å². The number of anilines is 2. The maximum Gasteiger partial charge on any atom is 0.247 e. The molecule has 2 atom stereocenters. The Hall–Kier alpha value is -2.74. The third kappa shape index (κ3) is 3.00. The Balaban J connectivity index is 1.69. The molecule has 8 heteroatoms. The van der Waals surface area contributed by atoms with Gasteiger partial charge < -0.3 is 19.4 Å². The third-order valence-electron chi connectivity index (χ3n) is 4.19. The Morgan fingerprint density at radius 2 is 2.00 bits per heavy atom. The number of fused-ring (bicyclic) bond motifs is 1. The zero-order chi connectivity index (χ0) is 17.4. The number of aromatic nitrogens is 4. The first-order valence-corrected chi connectivity index (χ1v) is 8.29. The van der Waals surface area contributed by atoms with Crippen LogP contribution < -0.4 is 10.2 Å². The van der Waals surface area contributed by atoms with Crippen LogP contribution in [0.25, 0.3) is 10.9 Å². The lowest BCUT2D eigenvalue weighted by molar-refractivity contribution is -0.0316. The number of hydrogen-bond acceptors (Lipinski definition) is 8. The number of morpholine rings is 1. The lowest BCUT2D eigenvalue weighted by Crippen LogP contribution is -2.43. The molecular formula is C17H20N6O2. The maximum atomic E-state index is 5.97. The van der Waals surface area contributed by atoms with Gasteiger partial charge in [0, 0.05) is 25.9 Å². The minimum absolute atomic E-state index is 0.000868. The molecule has 1 N–H and O–H groups in total. The summed E-state index contributed by atoms with van der Waals surface area (Å²) in [5.41, 5.74) is 0.904. The van der Waals surface area contributed by atoms with Crippen molar-refractivity contribution in [2.45, 2.75) is 26.1 Å².